The van der Waals surface area contributed by atoms with Crippen LogP contribution in [0.15, 0.2) is 10.3 Å². The molecule has 0 spiro atoms. The van der Waals surface area contributed by atoms with Crippen LogP contribution < -0.4 is 5.32 Å². The first-order valence-electron chi connectivity index (χ1n) is 5.92. The standard InChI is InChI=1S/C11H17F3N2O2S2/c1-4-16(7-11(12,13)14)20(17,18)10-5-8(2)9(19-10)6-15-3/h5,15H,4,6-7H2,1-3H3. The number of alkyl halides is 3. The van der Waals surface area contributed by atoms with Crippen LogP contribution in [0.3, 0.4) is 0 Å². The molecule has 0 atom stereocenters. The Morgan fingerprint density at radius 3 is 2.45 bits per heavy atom. The predicted molar refractivity (Wildman–Crippen MR) is 72.3 cm³/mol. The fraction of sp³-hybridized carbons (Fsp3) is 0.636. The molecular weight excluding hydrogens is 313 g/mol. The molecule has 1 rings (SSSR count). The quantitative estimate of drug-likeness (QED) is 0.871. The van der Waals surface area contributed by atoms with Gasteiger partial charge in [0.15, 0.2) is 0 Å². The summed E-state index contributed by atoms with van der Waals surface area (Å²) < 4.78 is 62.1. The number of thiophene rings is 1. The van der Waals surface area contributed by atoms with E-state index in [9.17, 15) is 21.6 Å². The summed E-state index contributed by atoms with van der Waals surface area (Å²) in [5.41, 5.74) is 0.756. The predicted octanol–water partition coefficient (Wildman–Crippen LogP) is 2.35. The Bertz CT molecular complexity index is 553. The van der Waals surface area contributed by atoms with E-state index in [1.165, 1.54) is 13.0 Å². The van der Waals surface area contributed by atoms with Crippen molar-refractivity contribution < 1.29 is 21.6 Å². The molecule has 116 valence electrons. The van der Waals surface area contributed by atoms with Gasteiger partial charge in [-0.15, -0.1) is 11.3 Å². The number of hydrogen-bond donors (Lipinski definition) is 1. The lowest BCUT2D eigenvalue weighted by Gasteiger charge is -2.20. The molecule has 0 fully saturated rings. The summed E-state index contributed by atoms with van der Waals surface area (Å²) in [6, 6.07) is 1.42. The fourth-order valence-corrected chi connectivity index (χ4v) is 4.84. The Kier molecular flexibility index (Phi) is 5.59. The summed E-state index contributed by atoms with van der Waals surface area (Å²) in [7, 11) is -2.38. The summed E-state index contributed by atoms with van der Waals surface area (Å²) >= 11 is 1.00. The normalized spacial score (nSPS) is 13.2. The van der Waals surface area contributed by atoms with Gasteiger partial charge in [0.1, 0.15) is 10.8 Å². The van der Waals surface area contributed by atoms with Gasteiger partial charge in [0, 0.05) is 18.0 Å². The van der Waals surface area contributed by atoms with E-state index in [0.29, 0.717) is 10.8 Å². The molecule has 0 aliphatic rings. The van der Waals surface area contributed by atoms with Crippen molar-refractivity contribution in [2.45, 2.75) is 30.8 Å². The molecule has 1 heterocycles. The lowest BCUT2D eigenvalue weighted by Crippen LogP contribution is -2.38. The maximum atomic E-state index is 12.4. The number of sulfonamides is 1. The zero-order chi connectivity index (χ0) is 15.6. The van der Waals surface area contributed by atoms with Gasteiger partial charge in [-0.25, -0.2) is 8.42 Å². The van der Waals surface area contributed by atoms with Crippen molar-refractivity contribution in [2.75, 3.05) is 20.1 Å². The van der Waals surface area contributed by atoms with Gasteiger partial charge in [-0.2, -0.15) is 17.5 Å². The zero-order valence-electron chi connectivity index (χ0n) is 11.4. The van der Waals surface area contributed by atoms with Crippen molar-refractivity contribution in [3.8, 4) is 0 Å². The minimum Gasteiger partial charge on any atom is -0.315 e. The molecule has 0 aliphatic carbocycles. The molecule has 0 bridgehead atoms. The van der Waals surface area contributed by atoms with Gasteiger partial charge in [0.05, 0.1) is 0 Å². The summed E-state index contributed by atoms with van der Waals surface area (Å²) in [4.78, 5) is 0.800. The maximum Gasteiger partial charge on any atom is 0.402 e. The Morgan fingerprint density at radius 1 is 1.40 bits per heavy atom. The van der Waals surface area contributed by atoms with Gasteiger partial charge in [0.25, 0.3) is 10.0 Å². The van der Waals surface area contributed by atoms with Crippen LogP contribution in [-0.2, 0) is 16.6 Å². The van der Waals surface area contributed by atoms with Crippen LogP contribution in [-0.4, -0.2) is 39.0 Å². The Morgan fingerprint density at radius 2 is 2.00 bits per heavy atom. The maximum absolute atomic E-state index is 12.4. The van der Waals surface area contributed by atoms with Crippen LogP contribution in [0, 0.1) is 6.92 Å². The molecule has 4 nitrogen and oxygen atoms in total. The monoisotopic (exact) mass is 330 g/mol. The van der Waals surface area contributed by atoms with Crippen molar-refractivity contribution in [2.24, 2.45) is 0 Å². The highest BCUT2D eigenvalue weighted by molar-refractivity contribution is 7.91. The van der Waals surface area contributed by atoms with Crippen molar-refractivity contribution in [3.05, 3.63) is 16.5 Å². The van der Waals surface area contributed by atoms with Gasteiger partial charge in [-0.3, -0.25) is 0 Å². The lowest BCUT2D eigenvalue weighted by atomic mass is 10.3. The van der Waals surface area contributed by atoms with Crippen LogP contribution in [0.1, 0.15) is 17.4 Å². The first-order valence-corrected chi connectivity index (χ1v) is 8.18. The molecular formula is C11H17F3N2O2S2. The highest BCUT2D eigenvalue weighted by Gasteiger charge is 2.36. The third-order valence-corrected chi connectivity index (χ3v) is 6.24. The van der Waals surface area contributed by atoms with E-state index in [1.807, 2.05) is 0 Å². The largest absolute Gasteiger partial charge is 0.402 e. The highest BCUT2D eigenvalue weighted by atomic mass is 32.2. The number of nitrogens with zero attached hydrogens (tertiary/aromatic N) is 1. The van der Waals surface area contributed by atoms with E-state index >= 15 is 0 Å². The van der Waals surface area contributed by atoms with Gasteiger partial charge in [0.2, 0.25) is 0 Å². The average Bonchev–Trinajstić information content (AvgIpc) is 2.68. The minimum atomic E-state index is -4.55. The van der Waals surface area contributed by atoms with Gasteiger partial charge in [-0.1, -0.05) is 6.92 Å². The van der Waals surface area contributed by atoms with Crippen molar-refractivity contribution in [1.29, 1.82) is 0 Å². The van der Waals surface area contributed by atoms with Gasteiger partial charge in [-0.05, 0) is 25.6 Å². The van der Waals surface area contributed by atoms with E-state index in [-0.39, 0.29) is 10.8 Å². The average molecular weight is 330 g/mol. The Balaban J connectivity index is 3.11. The molecule has 1 aromatic rings. The number of aryl methyl sites for hydroxylation is 1. The lowest BCUT2D eigenvalue weighted by molar-refractivity contribution is -0.135. The second-order valence-corrected chi connectivity index (χ2v) is 7.55. The summed E-state index contributed by atoms with van der Waals surface area (Å²) in [5.74, 6) is 0. The zero-order valence-corrected chi connectivity index (χ0v) is 13.0. The van der Waals surface area contributed by atoms with Crippen molar-refractivity contribution in [3.63, 3.8) is 0 Å². The molecule has 0 amide bonds. The van der Waals surface area contributed by atoms with Crippen molar-refractivity contribution in [1.82, 2.24) is 9.62 Å². The number of halogens is 3. The molecule has 0 saturated carbocycles. The van der Waals surface area contributed by atoms with E-state index in [0.717, 1.165) is 21.8 Å². The minimum absolute atomic E-state index is 0.0497. The molecule has 0 unspecified atom stereocenters. The van der Waals surface area contributed by atoms with Crippen LogP contribution in [0.5, 0.6) is 0 Å². The number of rotatable bonds is 6. The first kappa shape index (κ1) is 17.4. The van der Waals surface area contributed by atoms with Gasteiger partial charge >= 0.3 is 6.18 Å². The van der Waals surface area contributed by atoms with Crippen LogP contribution >= 0.6 is 11.3 Å². The molecule has 1 aromatic heterocycles. The van der Waals surface area contributed by atoms with Gasteiger partial charge < -0.3 is 5.32 Å². The van der Waals surface area contributed by atoms with Crippen LogP contribution in [0.2, 0.25) is 0 Å². The van der Waals surface area contributed by atoms with Crippen LogP contribution in [0.4, 0.5) is 13.2 Å². The SMILES string of the molecule is CCN(CC(F)(F)F)S(=O)(=O)c1cc(C)c(CNC)s1. The highest BCUT2D eigenvalue weighted by Crippen LogP contribution is 2.30. The second-order valence-electron chi connectivity index (χ2n) is 4.25. The molecule has 0 aliphatic heterocycles. The summed E-state index contributed by atoms with van der Waals surface area (Å²) in [6.45, 7) is 1.92. The third-order valence-electron chi connectivity index (χ3n) is 2.64. The van der Waals surface area contributed by atoms with E-state index in [4.69, 9.17) is 0 Å². The summed E-state index contributed by atoms with van der Waals surface area (Å²) in [6.07, 6.45) is -4.55. The summed E-state index contributed by atoms with van der Waals surface area (Å²) in [5, 5.41) is 2.89. The molecule has 0 radical (unpaired) electrons. The number of nitrogens with one attached hydrogen (secondary N) is 1. The smallest absolute Gasteiger partial charge is 0.315 e. The number of hydrogen-bond acceptors (Lipinski definition) is 4. The topological polar surface area (TPSA) is 49.4 Å². The molecule has 1 N–H and O–H groups in total. The third kappa shape index (κ3) is 4.18. The molecule has 20 heavy (non-hydrogen) atoms. The Labute approximate surface area is 120 Å². The first-order chi connectivity index (χ1) is 9.11. The van der Waals surface area contributed by atoms with E-state index in [1.54, 1.807) is 14.0 Å². The second kappa shape index (κ2) is 6.42. The van der Waals surface area contributed by atoms with E-state index in [2.05, 4.69) is 5.32 Å². The van der Waals surface area contributed by atoms with Crippen LogP contribution in [0.25, 0.3) is 0 Å². The molecule has 9 heteroatoms. The van der Waals surface area contributed by atoms with E-state index < -0.39 is 22.7 Å². The molecule has 0 saturated heterocycles. The van der Waals surface area contributed by atoms with Crippen molar-refractivity contribution >= 4 is 21.4 Å². The Hall–Kier alpha value is -0.640. The molecule has 0 aromatic carbocycles. The fourth-order valence-electron chi connectivity index (χ4n) is 1.65.